The van der Waals surface area contributed by atoms with Crippen molar-refractivity contribution in [3.8, 4) is 11.3 Å². The second kappa shape index (κ2) is 4.98. The van der Waals surface area contributed by atoms with E-state index in [2.05, 4.69) is 28.8 Å². The molecule has 0 spiro atoms. The standard InChI is InChI=1S/C14H17N3S/c1-8(2)13-16-12(10(4)14(18)17-13)11-5-6-15-7-9(11)3/h5-8H,1-4H3,(H,16,17,18). The maximum absolute atomic E-state index is 5.34. The number of nitrogens with one attached hydrogen (secondary N) is 1. The van der Waals surface area contributed by atoms with Gasteiger partial charge in [-0.05, 0) is 25.5 Å². The number of rotatable bonds is 2. The predicted octanol–water partition coefficient (Wildman–Crippen LogP) is 3.94. The number of aromatic amines is 1. The summed E-state index contributed by atoms with van der Waals surface area (Å²) in [7, 11) is 0. The molecule has 3 nitrogen and oxygen atoms in total. The second-order valence-electron chi connectivity index (χ2n) is 4.77. The third-order valence-corrected chi connectivity index (χ3v) is 3.40. The minimum atomic E-state index is 0.327. The van der Waals surface area contributed by atoms with E-state index in [-0.39, 0.29) is 0 Å². The molecule has 0 saturated carbocycles. The molecule has 0 aliphatic heterocycles. The summed E-state index contributed by atoms with van der Waals surface area (Å²) in [5.41, 5.74) is 4.34. The molecular weight excluding hydrogens is 242 g/mol. The van der Waals surface area contributed by atoms with Gasteiger partial charge < -0.3 is 4.98 Å². The average molecular weight is 259 g/mol. The Balaban J connectivity index is 2.71. The van der Waals surface area contributed by atoms with Gasteiger partial charge in [-0.25, -0.2) is 4.98 Å². The van der Waals surface area contributed by atoms with E-state index < -0.39 is 0 Å². The van der Waals surface area contributed by atoms with Gasteiger partial charge in [0.15, 0.2) is 0 Å². The van der Waals surface area contributed by atoms with Crippen LogP contribution >= 0.6 is 12.2 Å². The molecule has 0 saturated heterocycles. The molecule has 0 aliphatic rings. The summed E-state index contributed by atoms with van der Waals surface area (Å²) in [6, 6.07) is 2.01. The molecule has 0 atom stereocenters. The van der Waals surface area contributed by atoms with Crippen molar-refractivity contribution in [2.75, 3.05) is 0 Å². The number of pyridine rings is 1. The molecule has 0 aliphatic carbocycles. The molecular formula is C14H17N3S. The van der Waals surface area contributed by atoms with Crippen LogP contribution in [0.5, 0.6) is 0 Å². The van der Waals surface area contributed by atoms with Gasteiger partial charge in [-0.2, -0.15) is 0 Å². The Bertz CT molecular complexity index is 629. The quantitative estimate of drug-likeness (QED) is 0.830. The maximum Gasteiger partial charge on any atom is 0.133 e. The van der Waals surface area contributed by atoms with Crippen molar-refractivity contribution >= 4 is 12.2 Å². The largest absolute Gasteiger partial charge is 0.343 e. The summed E-state index contributed by atoms with van der Waals surface area (Å²) in [4.78, 5) is 12.0. The van der Waals surface area contributed by atoms with Crippen molar-refractivity contribution in [3.63, 3.8) is 0 Å². The van der Waals surface area contributed by atoms with Crippen LogP contribution in [0.25, 0.3) is 11.3 Å². The molecule has 1 N–H and O–H groups in total. The van der Waals surface area contributed by atoms with Crippen molar-refractivity contribution in [1.82, 2.24) is 15.0 Å². The highest BCUT2D eigenvalue weighted by Crippen LogP contribution is 2.25. The summed E-state index contributed by atoms with van der Waals surface area (Å²) in [6.45, 7) is 8.26. The number of aromatic nitrogens is 3. The van der Waals surface area contributed by atoms with E-state index in [4.69, 9.17) is 12.2 Å². The topological polar surface area (TPSA) is 41.6 Å². The summed E-state index contributed by atoms with van der Waals surface area (Å²) >= 11 is 5.34. The summed E-state index contributed by atoms with van der Waals surface area (Å²) in [5.74, 6) is 1.25. The SMILES string of the molecule is Cc1cnccc1-c1[nH]c(C(C)C)nc(=S)c1C. The molecule has 2 aromatic heterocycles. The van der Waals surface area contributed by atoms with Crippen LogP contribution in [0.3, 0.4) is 0 Å². The summed E-state index contributed by atoms with van der Waals surface area (Å²) in [5, 5.41) is 0. The van der Waals surface area contributed by atoms with Gasteiger partial charge in [-0.1, -0.05) is 26.1 Å². The maximum atomic E-state index is 5.34. The zero-order valence-electron chi connectivity index (χ0n) is 11.1. The number of aryl methyl sites for hydroxylation is 1. The van der Waals surface area contributed by atoms with Crippen LogP contribution in [0.1, 0.15) is 36.7 Å². The lowest BCUT2D eigenvalue weighted by molar-refractivity contribution is 0.770. The number of hydrogen-bond donors (Lipinski definition) is 1. The van der Waals surface area contributed by atoms with Gasteiger partial charge in [-0.15, -0.1) is 0 Å². The monoisotopic (exact) mass is 259 g/mol. The molecule has 2 rings (SSSR count). The Morgan fingerprint density at radius 2 is 2.00 bits per heavy atom. The highest BCUT2D eigenvalue weighted by molar-refractivity contribution is 7.71. The lowest BCUT2D eigenvalue weighted by Gasteiger charge is -2.13. The minimum Gasteiger partial charge on any atom is -0.343 e. The zero-order chi connectivity index (χ0) is 13.3. The fourth-order valence-electron chi connectivity index (χ4n) is 1.85. The number of nitrogens with zero attached hydrogens (tertiary/aromatic N) is 2. The lowest BCUT2D eigenvalue weighted by Crippen LogP contribution is -2.03. The first-order chi connectivity index (χ1) is 8.50. The van der Waals surface area contributed by atoms with Crippen LogP contribution in [0.15, 0.2) is 18.5 Å². The van der Waals surface area contributed by atoms with E-state index in [9.17, 15) is 0 Å². The van der Waals surface area contributed by atoms with Crippen LogP contribution in [0.4, 0.5) is 0 Å². The molecule has 94 valence electrons. The van der Waals surface area contributed by atoms with E-state index in [0.29, 0.717) is 10.6 Å². The molecule has 0 aromatic carbocycles. The van der Waals surface area contributed by atoms with E-state index >= 15 is 0 Å². The van der Waals surface area contributed by atoms with E-state index in [1.165, 1.54) is 0 Å². The second-order valence-corrected chi connectivity index (χ2v) is 5.16. The summed E-state index contributed by atoms with van der Waals surface area (Å²) < 4.78 is 0.670. The first-order valence-electron chi connectivity index (χ1n) is 6.02. The highest BCUT2D eigenvalue weighted by atomic mass is 32.1. The Labute approximate surface area is 112 Å². The van der Waals surface area contributed by atoms with E-state index in [1.807, 2.05) is 26.1 Å². The van der Waals surface area contributed by atoms with Crippen LogP contribution in [-0.4, -0.2) is 15.0 Å². The molecule has 2 aromatic rings. The van der Waals surface area contributed by atoms with Crippen LogP contribution in [0.2, 0.25) is 0 Å². The fraction of sp³-hybridized carbons (Fsp3) is 0.357. The average Bonchev–Trinajstić information content (AvgIpc) is 2.33. The van der Waals surface area contributed by atoms with Crippen LogP contribution in [0, 0.1) is 18.5 Å². The minimum absolute atomic E-state index is 0.327. The van der Waals surface area contributed by atoms with Gasteiger partial charge >= 0.3 is 0 Å². The molecule has 4 heteroatoms. The Morgan fingerprint density at radius 3 is 2.61 bits per heavy atom. The molecule has 18 heavy (non-hydrogen) atoms. The van der Waals surface area contributed by atoms with Crippen LogP contribution < -0.4 is 0 Å². The fourth-order valence-corrected chi connectivity index (χ4v) is 2.05. The zero-order valence-corrected chi connectivity index (χ0v) is 11.9. The number of hydrogen-bond acceptors (Lipinski definition) is 3. The Morgan fingerprint density at radius 1 is 1.28 bits per heavy atom. The molecule has 0 radical (unpaired) electrons. The van der Waals surface area contributed by atoms with Gasteiger partial charge in [-0.3, -0.25) is 4.98 Å². The molecule has 0 fully saturated rings. The summed E-state index contributed by atoms with van der Waals surface area (Å²) in [6.07, 6.45) is 3.66. The third kappa shape index (κ3) is 2.34. The van der Waals surface area contributed by atoms with Crippen LogP contribution in [-0.2, 0) is 0 Å². The third-order valence-electron chi connectivity index (χ3n) is 3.01. The first kappa shape index (κ1) is 12.9. The molecule has 0 bridgehead atoms. The smallest absolute Gasteiger partial charge is 0.133 e. The number of H-pyrrole nitrogens is 1. The predicted molar refractivity (Wildman–Crippen MR) is 76.2 cm³/mol. The lowest BCUT2D eigenvalue weighted by atomic mass is 10.0. The molecule has 2 heterocycles. The van der Waals surface area contributed by atoms with Crippen molar-refractivity contribution < 1.29 is 0 Å². The van der Waals surface area contributed by atoms with Gasteiger partial charge in [0, 0.05) is 29.4 Å². The van der Waals surface area contributed by atoms with E-state index in [1.54, 1.807) is 6.20 Å². The normalized spacial score (nSPS) is 10.9. The molecule has 0 unspecified atom stereocenters. The van der Waals surface area contributed by atoms with Gasteiger partial charge in [0.2, 0.25) is 0 Å². The van der Waals surface area contributed by atoms with Crippen molar-refractivity contribution in [2.24, 2.45) is 0 Å². The van der Waals surface area contributed by atoms with E-state index in [0.717, 1.165) is 28.2 Å². The van der Waals surface area contributed by atoms with Crippen molar-refractivity contribution in [3.05, 3.63) is 40.1 Å². The van der Waals surface area contributed by atoms with Crippen molar-refractivity contribution in [1.29, 1.82) is 0 Å². The van der Waals surface area contributed by atoms with Crippen molar-refractivity contribution in [2.45, 2.75) is 33.6 Å². The first-order valence-corrected chi connectivity index (χ1v) is 6.43. The van der Waals surface area contributed by atoms with Gasteiger partial charge in [0.25, 0.3) is 0 Å². The molecule has 0 amide bonds. The van der Waals surface area contributed by atoms with Gasteiger partial charge in [0.05, 0.1) is 5.69 Å². The van der Waals surface area contributed by atoms with Gasteiger partial charge in [0.1, 0.15) is 10.5 Å². The Hall–Kier alpha value is -1.55. The highest BCUT2D eigenvalue weighted by Gasteiger charge is 2.11. The Kier molecular flexibility index (Phi) is 3.57.